The highest BCUT2D eigenvalue weighted by molar-refractivity contribution is 7.56. The second-order valence-electron chi connectivity index (χ2n) is 15.7. The van der Waals surface area contributed by atoms with Crippen molar-refractivity contribution in [3.05, 3.63) is 221 Å². The third-order valence-corrected chi connectivity index (χ3v) is 15.0. The summed E-state index contributed by atoms with van der Waals surface area (Å²) in [4.78, 5) is 0. The molecule has 3 N–H and O–H groups in total. The van der Waals surface area contributed by atoms with Gasteiger partial charge in [-0.2, -0.15) is 0 Å². The minimum atomic E-state index is -0.383. The first-order chi connectivity index (χ1) is 34.8. The molecule has 3 unspecified atom stereocenters. The number of aliphatic hydroxyl groups excluding tert-OH is 3. The zero-order valence-electron chi connectivity index (χ0n) is 40.2. The molecule has 0 fully saturated rings. The average Bonchev–Trinajstić information content (AvgIpc) is 3.41. The number of ether oxygens (including phenoxy) is 6. The normalized spacial score (nSPS) is 11.0. The van der Waals surface area contributed by atoms with Crippen LogP contribution in [0, 0.1) is 12.7 Å². The number of halogens is 1. The van der Waals surface area contributed by atoms with Crippen molar-refractivity contribution in [2.75, 3.05) is 28.1 Å². The van der Waals surface area contributed by atoms with Crippen molar-refractivity contribution in [1.29, 1.82) is 0 Å². The van der Waals surface area contributed by atoms with Crippen molar-refractivity contribution in [3.63, 3.8) is 0 Å². The second kappa shape index (κ2) is 29.2. The molecule has 8 aromatic carbocycles. The molecule has 368 valence electrons. The maximum Gasteiger partial charge on any atom is 0.188 e. The van der Waals surface area contributed by atoms with Gasteiger partial charge in [0.2, 0.25) is 0 Å². The summed E-state index contributed by atoms with van der Waals surface area (Å²) in [5.41, 5.74) is 5.94. The van der Waals surface area contributed by atoms with Gasteiger partial charge in [0.05, 0.1) is 34.0 Å². The summed E-state index contributed by atoms with van der Waals surface area (Å²) < 4.78 is 46.8. The van der Waals surface area contributed by atoms with Crippen LogP contribution in [0.1, 0.15) is 33.4 Å². The van der Waals surface area contributed by atoms with E-state index in [4.69, 9.17) is 28.4 Å². The molecular weight excluding hydrogens is 953 g/mol. The van der Waals surface area contributed by atoms with Gasteiger partial charge in [0.15, 0.2) is 18.3 Å². The van der Waals surface area contributed by atoms with Crippen LogP contribution in [0.3, 0.4) is 0 Å². The van der Waals surface area contributed by atoms with Crippen molar-refractivity contribution in [2.45, 2.75) is 40.0 Å². The van der Waals surface area contributed by atoms with E-state index in [9.17, 15) is 19.7 Å². The Morgan fingerprint density at radius 1 is 0.423 bits per heavy atom. The fourth-order valence-electron chi connectivity index (χ4n) is 7.12. The number of hydrogen-bond acceptors (Lipinski definition) is 9. The van der Waals surface area contributed by atoms with E-state index in [0.717, 1.165) is 65.8 Å². The average molecular weight is 1010 g/mol. The van der Waals surface area contributed by atoms with Crippen molar-refractivity contribution in [3.8, 4) is 28.7 Å². The predicted molar refractivity (Wildman–Crippen MR) is 291 cm³/mol. The lowest BCUT2D eigenvalue weighted by Gasteiger charge is -2.17. The van der Waals surface area contributed by atoms with Crippen LogP contribution in [-0.2, 0) is 37.8 Å². The molecular formula is C58H60FO9P3. The van der Waals surface area contributed by atoms with Crippen LogP contribution in [-0.4, -0.2) is 43.4 Å². The number of hydrogen-bond donors (Lipinski definition) is 3. The lowest BCUT2D eigenvalue weighted by Crippen LogP contribution is -2.14. The molecule has 0 radical (unpaired) electrons. The van der Waals surface area contributed by atoms with Crippen LogP contribution in [0.25, 0.3) is 0 Å². The van der Waals surface area contributed by atoms with Crippen molar-refractivity contribution in [1.82, 2.24) is 0 Å². The Morgan fingerprint density at radius 2 is 0.944 bits per heavy atom. The lowest BCUT2D eigenvalue weighted by atomic mass is 10.2. The molecule has 0 saturated carbocycles. The van der Waals surface area contributed by atoms with Gasteiger partial charge in [0.1, 0.15) is 36.3 Å². The summed E-state index contributed by atoms with van der Waals surface area (Å²) in [5.74, 6) is 3.14. The first-order valence-electron chi connectivity index (χ1n) is 22.7. The van der Waals surface area contributed by atoms with Crippen LogP contribution < -0.4 is 55.5 Å². The zero-order chi connectivity index (χ0) is 50.2. The van der Waals surface area contributed by atoms with Crippen LogP contribution in [0.2, 0.25) is 0 Å². The third-order valence-electron chi connectivity index (χ3n) is 10.8. The second-order valence-corrected chi connectivity index (χ2v) is 19.7. The molecule has 9 nitrogen and oxygen atoms in total. The van der Waals surface area contributed by atoms with E-state index in [1.807, 2.05) is 97.1 Å². The predicted octanol–water partition coefficient (Wildman–Crippen LogP) is 9.03. The highest BCUT2D eigenvalue weighted by Crippen LogP contribution is 2.35. The summed E-state index contributed by atoms with van der Waals surface area (Å²) in [5, 5.41) is 34.8. The molecule has 0 saturated heterocycles. The van der Waals surface area contributed by atoms with E-state index in [0.29, 0.717) is 53.2 Å². The molecule has 0 spiro atoms. The first kappa shape index (κ1) is 54.2. The molecule has 0 aliphatic rings. The molecule has 8 aromatic rings. The fraction of sp³-hybridized carbons (Fsp3) is 0.172. The van der Waals surface area contributed by atoms with Gasteiger partial charge in [-0.15, -0.1) is 0 Å². The highest BCUT2D eigenvalue weighted by atomic mass is 31.1. The summed E-state index contributed by atoms with van der Waals surface area (Å²) in [7, 11) is 5.68. The Bertz CT molecular complexity index is 2870. The standard InChI is InChI=1S/C21H21O2P.C20H19O2P.C17H20FO5P/c1-16-8-7-13-20(24-19-12-6-5-11-18(19)14-22)21(16)23-15-17-9-3-2-4-10-17;21-14-17-10-4-6-12-19(17)23-20-13-7-5-11-18(20)22-15-16-8-2-1-3-9-16;1-20-10-23-17-14(22-3)7-13(21-2)8-16(17)24-15-5-4-12(18)6-11(15)9-19/h2-13,22,24H,14-15H2,1H3;1-13,21,23H,14-15H2;4-8,19,24H,9-10H2,1-3H3. The Labute approximate surface area is 421 Å². The smallest absolute Gasteiger partial charge is 0.188 e. The number of aliphatic hydroxyl groups is 3. The van der Waals surface area contributed by atoms with E-state index >= 15 is 0 Å². The lowest BCUT2D eigenvalue weighted by molar-refractivity contribution is 0.0499. The van der Waals surface area contributed by atoms with Crippen LogP contribution in [0.4, 0.5) is 4.39 Å². The van der Waals surface area contributed by atoms with Gasteiger partial charge in [-0.1, -0.05) is 177 Å². The summed E-state index contributed by atoms with van der Waals surface area (Å²) in [6.07, 6.45) is 0. The van der Waals surface area contributed by atoms with Crippen molar-refractivity contribution >= 4 is 57.6 Å². The minimum absolute atomic E-state index is 0.0647. The Morgan fingerprint density at radius 3 is 1.54 bits per heavy atom. The van der Waals surface area contributed by atoms with Gasteiger partial charge in [-0.05, 0) is 80.5 Å². The number of para-hydroxylation sites is 2. The third kappa shape index (κ3) is 16.4. The van der Waals surface area contributed by atoms with Crippen LogP contribution in [0.15, 0.2) is 182 Å². The molecule has 0 aromatic heterocycles. The van der Waals surface area contributed by atoms with Crippen LogP contribution in [0.5, 0.6) is 28.7 Å². The monoisotopic (exact) mass is 1010 g/mol. The molecule has 13 heteroatoms. The van der Waals surface area contributed by atoms with Gasteiger partial charge >= 0.3 is 0 Å². The van der Waals surface area contributed by atoms with E-state index in [1.165, 1.54) is 24.5 Å². The molecule has 71 heavy (non-hydrogen) atoms. The van der Waals surface area contributed by atoms with E-state index < -0.39 is 0 Å². The maximum absolute atomic E-state index is 13.4. The minimum Gasteiger partial charge on any atom is -0.497 e. The highest BCUT2D eigenvalue weighted by Gasteiger charge is 2.17. The maximum atomic E-state index is 13.4. The van der Waals surface area contributed by atoms with E-state index in [-0.39, 0.29) is 41.0 Å². The topological polar surface area (TPSA) is 116 Å². The van der Waals surface area contributed by atoms with Crippen molar-refractivity contribution < 1.29 is 48.1 Å². The number of rotatable bonds is 20. The summed E-state index contributed by atoms with van der Waals surface area (Å²) in [6.45, 7) is 3.15. The Balaban J connectivity index is 0.000000174. The van der Waals surface area contributed by atoms with Crippen molar-refractivity contribution in [2.24, 2.45) is 0 Å². The zero-order valence-corrected chi connectivity index (χ0v) is 43.2. The number of aryl methyl sites for hydroxylation is 1. The Hall–Kier alpha value is -6.18. The summed E-state index contributed by atoms with van der Waals surface area (Å²) >= 11 is 0. The number of benzene rings is 8. The largest absolute Gasteiger partial charge is 0.497 e. The fourth-order valence-corrected chi connectivity index (χ4v) is 11.0. The SMILES string of the molecule is COCOc1c(OC)cc(OC)cc1Pc1ccc(F)cc1CO.Cc1cccc(Pc2ccccc2CO)c1OCc1ccccc1.OCc1ccccc1Pc1ccccc1OCc1ccccc1. The Kier molecular flexibility index (Phi) is 22.3. The van der Waals surface area contributed by atoms with E-state index in [1.54, 1.807) is 26.4 Å². The van der Waals surface area contributed by atoms with Gasteiger partial charge in [-0.25, -0.2) is 4.39 Å². The molecule has 0 aliphatic heterocycles. The number of methoxy groups -OCH3 is 3. The quantitative estimate of drug-likeness (QED) is 0.0509. The van der Waals surface area contributed by atoms with Gasteiger partial charge in [0, 0.05) is 29.1 Å². The van der Waals surface area contributed by atoms with E-state index in [2.05, 4.69) is 67.6 Å². The molecule has 0 aliphatic carbocycles. The first-order valence-corrected chi connectivity index (χ1v) is 25.7. The van der Waals surface area contributed by atoms with Crippen LogP contribution >= 0.6 is 25.7 Å². The summed E-state index contributed by atoms with van der Waals surface area (Å²) in [6, 6.07) is 58.7. The molecule has 0 heterocycles. The molecule has 3 atom stereocenters. The van der Waals surface area contributed by atoms with Gasteiger partial charge < -0.3 is 43.7 Å². The van der Waals surface area contributed by atoms with Gasteiger partial charge in [0.25, 0.3) is 0 Å². The molecule has 0 bridgehead atoms. The van der Waals surface area contributed by atoms with Gasteiger partial charge in [-0.3, -0.25) is 0 Å². The molecule has 0 amide bonds. The molecule has 8 rings (SSSR count).